The van der Waals surface area contributed by atoms with Crippen molar-refractivity contribution in [2.24, 2.45) is 0 Å². The zero-order valence-electron chi connectivity index (χ0n) is 14.1. The lowest BCUT2D eigenvalue weighted by Gasteiger charge is -2.11. The summed E-state index contributed by atoms with van der Waals surface area (Å²) in [5, 5.41) is 7.28. The maximum Gasteiger partial charge on any atom is 0.231 e. The first-order chi connectivity index (χ1) is 12.7. The number of anilines is 3. The van der Waals surface area contributed by atoms with Crippen molar-refractivity contribution in [3.05, 3.63) is 64.9 Å². The van der Waals surface area contributed by atoms with Crippen LogP contribution >= 0.6 is 11.6 Å². The van der Waals surface area contributed by atoms with Crippen LogP contribution in [-0.4, -0.2) is 16.8 Å². The Balaban J connectivity index is 1.45. The Hall–Kier alpha value is -2.99. The second-order valence-corrected chi connectivity index (χ2v) is 6.27. The van der Waals surface area contributed by atoms with Gasteiger partial charge in [-0.2, -0.15) is 0 Å². The van der Waals surface area contributed by atoms with Crippen LogP contribution in [0.25, 0.3) is 0 Å². The summed E-state index contributed by atoms with van der Waals surface area (Å²) in [6, 6.07) is 13.4. The molecule has 2 aromatic carbocycles. The molecule has 7 heteroatoms. The van der Waals surface area contributed by atoms with E-state index in [1.807, 2.05) is 49.4 Å². The molecule has 3 aromatic rings. The molecule has 4 rings (SSSR count). The highest BCUT2D eigenvalue weighted by atomic mass is 35.5. The zero-order chi connectivity index (χ0) is 17.9. The van der Waals surface area contributed by atoms with Crippen LogP contribution in [0.1, 0.15) is 11.1 Å². The largest absolute Gasteiger partial charge is 0.454 e. The van der Waals surface area contributed by atoms with Crippen LogP contribution in [0.4, 0.5) is 17.3 Å². The number of rotatable bonds is 5. The lowest BCUT2D eigenvalue weighted by molar-refractivity contribution is 0.174. The highest BCUT2D eigenvalue weighted by molar-refractivity contribution is 6.31. The normalized spacial score (nSPS) is 12.1. The molecule has 0 radical (unpaired) electrons. The molecule has 0 fully saturated rings. The minimum atomic E-state index is 0.274. The monoisotopic (exact) mass is 368 g/mol. The maximum absolute atomic E-state index is 6.16. The fourth-order valence-corrected chi connectivity index (χ4v) is 2.82. The molecule has 0 atom stereocenters. The van der Waals surface area contributed by atoms with Gasteiger partial charge in [0.15, 0.2) is 11.5 Å². The van der Waals surface area contributed by atoms with Gasteiger partial charge in [0.1, 0.15) is 18.0 Å². The van der Waals surface area contributed by atoms with Gasteiger partial charge in [0.05, 0.1) is 0 Å². The topological polar surface area (TPSA) is 68.3 Å². The minimum absolute atomic E-state index is 0.274. The number of ether oxygens (including phenoxy) is 2. The maximum atomic E-state index is 6.16. The number of aromatic nitrogens is 2. The molecule has 0 aliphatic carbocycles. The third kappa shape index (κ3) is 3.50. The Bertz CT molecular complexity index is 949. The van der Waals surface area contributed by atoms with Crippen LogP contribution in [0.3, 0.4) is 0 Å². The third-order valence-electron chi connectivity index (χ3n) is 4.11. The summed E-state index contributed by atoms with van der Waals surface area (Å²) in [6.45, 7) is 2.85. The molecule has 6 nitrogen and oxygen atoms in total. The van der Waals surface area contributed by atoms with E-state index in [-0.39, 0.29) is 6.79 Å². The van der Waals surface area contributed by atoms with Crippen LogP contribution < -0.4 is 20.1 Å². The van der Waals surface area contributed by atoms with Gasteiger partial charge in [-0.25, -0.2) is 9.97 Å². The van der Waals surface area contributed by atoms with Crippen molar-refractivity contribution in [2.75, 3.05) is 17.4 Å². The molecular formula is C19H17ClN4O2. The van der Waals surface area contributed by atoms with Gasteiger partial charge in [-0.15, -0.1) is 0 Å². The fraction of sp³-hybridized carbons (Fsp3) is 0.158. The third-order valence-corrected chi connectivity index (χ3v) is 4.52. The average Bonchev–Trinajstić information content (AvgIpc) is 3.12. The molecule has 0 saturated heterocycles. The smallest absolute Gasteiger partial charge is 0.231 e. The van der Waals surface area contributed by atoms with Crippen molar-refractivity contribution in [2.45, 2.75) is 13.5 Å². The summed E-state index contributed by atoms with van der Waals surface area (Å²) in [6.07, 6.45) is 1.52. The second-order valence-electron chi connectivity index (χ2n) is 5.87. The van der Waals surface area contributed by atoms with Crippen LogP contribution in [-0.2, 0) is 6.54 Å². The quantitative estimate of drug-likeness (QED) is 0.690. The van der Waals surface area contributed by atoms with Gasteiger partial charge in [0, 0.05) is 23.3 Å². The lowest BCUT2D eigenvalue weighted by atomic mass is 10.2. The van der Waals surface area contributed by atoms with E-state index < -0.39 is 0 Å². The summed E-state index contributed by atoms with van der Waals surface area (Å²) >= 11 is 6.16. The molecule has 2 heterocycles. The minimum Gasteiger partial charge on any atom is -0.454 e. The summed E-state index contributed by atoms with van der Waals surface area (Å²) in [5.74, 6) is 2.96. The van der Waals surface area contributed by atoms with E-state index in [1.54, 1.807) is 0 Å². The van der Waals surface area contributed by atoms with E-state index in [1.165, 1.54) is 6.33 Å². The molecule has 132 valence electrons. The zero-order valence-corrected chi connectivity index (χ0v) is 14.9. The Labute approximate surface area is 156 Å². The first kappa shape index (κ1) is 16.5. The van der Waals surface area contributed by atoms with Crippen molar-refractivity contribution in [3.63, 3.8) is 0 Å². The molecule has 0 spiro atoms. The van der Waals surface area contributed by atoms with Crippen molar-refractivity contribution < 1.29 is 9.47 Å². The molecule has 1 aromatic heterocycles. The van der Waals surface area contributed by atoms with Crippen molar-refractivity contribution >= 4 is 28.9 Å². The molecule has 2 N–H and O–H groups in total. The molecule has 1 aliphatic rings. The van der Waals surface area contributed by atoms with Crippen LogP contribution in [0.5, 0.6) is 11.5 Å². The molecule has 0 amide bonds. The van der Waals surface area contributed by atoms with Gasteiger partial charge in [-0.05, 0) is 42.3 Å². The molecule has 0 saturated carbocycles. The van der Waals surface area contributed by atoms with E-state index in [0.29, 0.717) is 17.4 Å². The Morgan fingerprint density at radius 2 is 1.88 bits per heavy atom. The standard InChI is InChI=1S/C19H17ClN4O2/c1-12-14(20)3-2-4-15(12)24-19-8-18(22-10-23-19)21-9-13-5-6-16-17(7-13)26-11-25-16/h2-8,10H,9,11H2,1H3,(H2,21,22,23,24). The van der Waals surface area contributed by atoms with Gasteiger partial charge in [0.25, 0.3) is 0 Å². The average molecular weight is 369 g/mol. The number of nitrogens with one attached hydrogen (secondary N) is 2. The second kappa shape index (κ2) is 7.09. The summed E-state index contributed by atoms with van der Waals surface area (Å²) in [5.41, 5.74) is 2.97. The molecule has 1 aliphatic heterocycles. The van der Waals surface area contributed by atoms with Gasteiger partial charge >= 0.3 is 0 Å². The molecule has 0 bridgehead atoms. The lowest BCUT2D eigenvalue weighted by Crippen LogP contribution is -2.03. The van der Waals surface area contributed by atoms with E-state index in [4.69, 9.17) is 21.1 Å². The molecular weight excluding hydrogens is 352 g/mol. The molecule has 26 heavy (non-hydrogen) atoms. The summed E-state index contributed by atoms with van der Waals surface area (Å²) in [4.78, 5) is 8.53. The highest BCUT2D eigenvalue weighted by Crippen LogP contribution is 2.32. The number of hydrogen-bond donors (Lipinski definition) is 2. The van der Waals surface area contributed by atoms with Gasteiger partial charge in [-0.3, -0.25) is 0 Å². The number of fused-ring (bicyclic) bond motifs is 1. The summed E-state index contributed by atoms with van der Waals surface area (Å²) in [7, 11) is 0. The number of benzene rings is 2. The highest BCUT2D eigenvalue weighted by Gasteiger charge is 2.13. The van der Waals surface area contributed by atoms with Gasteiger partial charge < -0.3 is 20.1 Å². The fourth-order valence-electron chi connectivity index (χ4n) is 2.65. The first-order valence-corrected chi connectivity index (χ1v) is 8.53. The van der Waals surface area contributed by atoms with Crippen molar-refractivity contribution in [3.8, 4) is 11.5 Å². The molecule has 0 unspecified atom stereocenters. The summed E-state index contributed by atoms with van der Waals surface area (Å²) < 4.78 is 10.7. The van der Waals surface area contributed by atoms with Crippen LogP contribution in [0.2, 0.25) is 5.02 Å². The van der Waals surface area contributed by atoms with E-state index in [2.05, 4.69) is 20.6 Å². The predicted octanol–water partition coefficient (Wildman–Crippen LogP) is 4.52. The van der Waals surface area contributed by atoms with Gasteiger partial charge in [-0.1, -0.05) is 23.7 Å². The van der Waals surface area contributed by atoms with Crippen LogP contribution in [0, 0.1) is 6.92 Å². The number of halogens is 1. The number of hydrogen-bond acceptors (Lipinski definition) is 6. The first-order valence-electron chi connectivity index (χ1n) is 8.15. The van der Waals surface area contributed by atoms with E-state index >= 15 is 0 Å². The van der Waals surface area contributed by atoms with Gasteiger partial charge in [0.2, 0.25) is 6.79 Å². The Morgan fingerprint density at radius 3 is 2.81 bits per heavy atom. The SMILES string of the molecule is Cc1c(Cl)cccc1Nc1cc(NCc2ccc3c(c2)OCO3)ncn1. The van der Waals surface area contributed by atoms with E-state index in [9.17, 15) is 0 Å². The van der Waals surface area contributed by atoms with Crippen molar-refractivity contribution in [1.29, 1.82) is 0 Å². The Morgan fingerprint density at radius 1 is 1.04 bits per heavy atom. The van der Waals surface area contributed by atoms with E-state index in [0.717, 1.165) is 34.1 Å². The number of nitrogens with zero attached hydrogens (tertiary/aromatic N) is 2. The van der Waals surface area contributed by atoms with Crippen molar-refractivity contribution in [1.82, 2.24) is 9.97 Å². The predicted molar refractivity (Wildman–Crippen MR) is 101 cm³/mol. The van der Waals surface area contributed by atoms with Crippen LogP contribution in [0.15, 0.2) is 48.8 Å². The Kier molecular flexibility index (Phi) is 4.50.